The minimum Gasteiger partial charge on any atom is -0.744 e. The number of rotatable bonds is 6. The molecule has 211 valence electrons. The monoisotopic (exact) mass is 748 g/mol. The molecule has 0 unspecified atom stereocenters. The third-order valence-electron chi connectivity index (χ3n) is 4.01. The molecule has 22 heteroatoms. The molecule has 18 nitrogen and oxygen atoms in total. The summed E-state index contributed by atoms with van der Waals surface area (Å²) in [5, 5.41) is 30.4. The molecule has 0 amide bonds. The standard InChI is InChI=1S/3C6H5NO5S.Nd/c3*8-7(9)5-1-3-6(4-2-5)13(10,11)12;/h3*1-4H,(H,10,11,12);/q;;;+3/p-3. The molecule has 0 bridgehead atoms. The maximum absolute atomic E-state index is 10.4. The van der Waals surface area contributed by atoms with Crippen LogP contribution >= 0.6 is 0 Å². The van der Waals surface area contributed by atoms with Gasteiger partial charge in [-0.3, -0.25) is 30.3 Å². The molecule has 0 aliphatic carbocycles. The zero-order valence-corrected chi connectivity index (χ0v) is 24.8. The largest absolute Gasteiger partial charge is 3.00 e. The molecule has 40 heavy (non-hydrogen) atoms. The predicted molar refractivity (Wildman–Crippen MR) is 123 cm³/mol. The molecular weight excluding hydrogens is 739 g/mol. The molecule has 0 aliphatic rings. The summed E-state index contributed by atoms with van der Waals surface area (Å²) in [6.45, 7) is 0. The second-order valence-electron chi connectivity index (χ2n) is 6.62. The number of nitro groups is 3. The summed E-state index contributed by atoms with van der Waals surface area (Å²) in [4.78, 5) is 27.0. The van der Waals surface area contributed by atoms with Crippen molar-refractivity contribution in [1.29, 1.82) is 0 Å². The third kappa shape index (κ3) is 12.4. The van der Waals surface area contributed by atoms with Crippen LogP contribution in [0.1, 0.15) is 0 Å². The molecular formula is C18H12N3NdO15S3. The molecule has 3 aromatic rings. The van der Waals surface area contributed by atoms with Crippen molar-refractivity contribution in [3.8, 4) is 0 Å². The quantitative estimate of drug-likeness (QED) is 0.196. The van der Waals surface area contributed by atoms with Crippen LogP contribution in [-0.4, -0.2) is 53.7 Å². The Kier molecular flexibility index (Phi) is 13.9. The zero-order chi connectivity index (χ0) is 30.2. The van der Waals surface area contributed by atoms with Crippen LogP contribution in [0.4, 0.5) is 17.1 Å². The van der Waals surface area contributed by atoms with E-state index in [0.717, 1.165) is 72.8 Å². The minimum absolute atomic E-state index is 0. The van der Waals surface area contributed by atoms with Crippen molar-refractivity contribution in [2.45, 2.75) is 14.7 Å². The van der Waals surface area contributed by atoms with Gasteiger partial charge in [-0.2, -0.15) is 0 Å². The maximum Gasteiger partial charge on any atom is 3.00 e. The summed E-state index contributed by atoms with van der Waals surface area (Å²) in [6, 6.07) is 11.2. The van der Waals surface area contributed by atoms with Crippen molar-refractivity contribution < 1.29 is 94.5 Å². The van der Waals surface area contributed by atoms with Crippen LogP contribution in [0.15, 0.2) is 87.5 Å². The van der Waals surface area contributed by atoms with Gasteiger partial charge in [0, 0.05) is 36.4 Å². The van der Waals surface area contributed by atoms with Gasteiger partial charge < -0.3 is 13.7 Å². The van der Waals surface area contributed by atoms with Crippen LogP contribution in [0.5, 0.6) is 0 Å². The number of benzene rings is 3. The van der Waals surface area contributed by atoms with Crippen molar-refractivity contribution in [3.63, 3.8) is 0 Å². The molecule has 3 rings (SSSR count). The Morgan fingerprint density at radius 1 is 0.400 bits per heavy atom. The Morgan fingerprint density at radius 2 is 0.550 bits per heavy atom. The van der Waals surface area contributed by atoms with Gasteiger partial charge >= 0.3 is 40.8 Å². The third-order valence-corrected chi connectivity index (χ3v) is 6.56. The topological polar surface area (TPSA) is 301 Å². The molecule has 0 heterocycles. The average Bonchev–Trinajstić information content (AvgIpc) is 2.83. The number of hydrogen-bond donors (Lipinski definition) is 0. The molecule has 0 aromatic heterocycles. The van der Waals surface area contributed by atoms with Gasteiger partial charge in [-0.25, -0.2) is 25.3 Å². The summed E-state index contributed by atoms with van der Waals surface area (Å²) >= 11 is 0. The molecule has 0 N–H and O–H groups in total. The van der Waals surface area contributed by atoms with Gasteiger partial charge in [0.25, 0.3) is 17.1 Å². The molecule has 1 radical (unpaired) electrons. The zero-order valence-electron chi connectivity index (χ0n) is 19.1. The van der Waals surface area contributed by atoms with Gasteiger partial charge in [0.05, 0.1) is 29.5 Å². The Labute approximate surface area is 257 Å². The normalized spacial score (nSPS) is 10.9. The summed E-state index contributed by atoms with van der Waals surface area (Å²) in [5.74, 6) is 0. The first-order valence-electron chi connectivity index (χ1n) is 9.34. The van der Waals surface area contributed by atoms with Gasteiger partial charge in [0.15, 0.2) is 0 Å². The van der Waals surface area contributed by atoms with E-state index in [1.165, 1.54) is 0 Å². The SMILES string of the molecule is O=[N+]([O-])c1ccc(S(=O)(=O)[O-])cc1.O=[N+]([O-])c1ccc(S(=O)(=O)[O-])cc1.O=[N+]([O-])c1ccc(S(=O)(=O)[O-])cc1.[Nd+3]. The van der Waals surface area contributed by atoms with Crippen molar-refractivity contribution in [2.75, 3.05) is 0 Å². The van der Waals surface area contributed by atoms with Crippen LogP contribution < -0.4 is 0 Å². The first-order valence-corrected chi connectivity index (χ1v) is 13.6. The van der Waals surface area contributed by atoms with Crippen molar-refractivity contribution >= 4 is 47.4 Å². The number of non-ortho nitro benzene ring substituents is 3. The smallest absolute Gasteiger partial charge is 0.744 e. The van der Waals surface area contributed by atoms with Crippen molar-refractivity contribution in [1.82, 2.24) is 0 Å². The van der Waals surface area contributed by atoms with E-state index in [0.29, 0.717) is 0 Å². The molecule has 0 aliphatic heterocycles. The molecule has 0 saturated carbocycles. The molecule has 0 saturated heterocycles. The van der Waals surface area contributed by atoms with Crippen molar-refractivity contribution in [2.24, 2.45) is 0 Å². The Bertz CT molecular complexity index is 1470. The number of nitrogens with zero attached hydrogens (tertiary/aromatic N) is 3. The van der Waals surface area contributed by atoms with Crippen LogP contribution in [0.25, 0.3) is 0 Å². The van der Waals surface area contributed by atoms with E-state index in [2.05, 4.69) is 0 Å². The van der Waals surface area contributed by atoms with E-state index in [1.807, 2.05) is 0 Å². The van der Waals surface area contributed by atoms with Gasteiger partial charge in [-0.05, 0) is 36.4 Å². The molecule has 0 spiro atoms. The Balaban J connectivity index is 0.000000563. The van der Waals surface area contributed by atoms with E-state index in [4.69, 9.17) is 0 Å². The predicted octanol–water partition coefficient (Wildman–Crippen LogP) is 1.50. The van der Waals surface area contributed by atoms with Crippen LogP contribution in [0.2, 0.25) is 0 Å². The fraction of sp³-hybridized carbons (Fsp3) is 0. The molecule has 3 aromatic carbocycles. The fourth-order valence-electron chi connectivity index (χ4n) is 2.20. The maximum atomic E-state index is 10.4. The van der Waals surface area contributed by atoms with Gasteiger partial charge in [-0.15, -0.1) is 0 Å². The second-order valence-corrected chi connectivity index (χ2v) is 10.8. The summed E-state index contributed by atoms with van der Waals surface area (Å²) < 4.78 is 93.5. The first kappa shape index (κ1) is 36.9. The Hall–Kier alpha value is -3.06. The summed E-state index contributed by atoms with van der Waals surface area (Å²) in [6.07, 6.45) is 0. The first-order chi connectivity index (χ1) is 17.7. The van der Waals surface area contributed by atoms with E-state index in [9.17, 15) is 69.3 Å². The van der Waals surface area contributed by atoms with Crippen LogP contribution in [0, 0.1) is 71.2 Å². The number of nitro benzene ring substituents is 3. The van der Waals surface area contributed by atoms with Crippen molar-refractivity contribution in [3.05, 3.63) is 103 Å². The minimum atomic E-state index is -4.52. The summed E-state index contributed by atoms with van der Waals surface area (Å²) in [7, 11) is -13.6. The van der Waals surface area contributed by atoms with Crippen LogP contribution in [-0.2, 0) is 30.4 Å². The van der Waals surface area contributed by atoms with Gasteiger partial charge in [0.1, 0.15) is 30.4 Å². The fourth-order valence-corrected chi connectivity index (χ4v) is 3.61. The molecule has 0 atom stereocenters. The van der Waals surface area contributed by atoms with E-state index in [1.54, 1.807) is 0 Å². The van der Waals surface area contributed by atoms with Crippen LogP contribution in [0.3, 0.4) is 0 Å². The molecule has 0 fully saturated rings. The number of hydrogen-bond acceptors (Lipinski definition) is 15. The van der Waals surface area contributed by atoms with E-state index in [-0.39, 0.29) is 57.9 Å². The van der Waals surface area contributed by atoms with Gasteiger partial charge in [-0.1, -0.05) is 0 Å². The van der Waals surface area contributed by atoms with E-state index < -0.39 is 59.8 Å². The Morgan fingerprint density at radius 3 is 0.650 bits per heavy atom. The second kappa shape index (κ2) is 15.1. The average molecular weight is 751 g/mol. The van der Waals surface area contributed by atoms with E-state index >= 15 is 0 Å². The summed E-state index contributed by atoms with van der Waals surface area (Å²) in [5.41, 5.74) is -0.771. The van der Waals surface area contributed by atoms with Gasteiger partial charge in [0.2, 0.25) is 0 Å².